The molecule has 0 radical (unpaired) electrons. The molecule has 4 nitrogen and oxygen atoms in total. The lowest BCUT2D eigenvalue weighted by Crippen LogP contribution is -2.28. The molecular formula is C15H19N3O. The average Bonchev–Trinajstić information content (AvgIpc) is 2.98. The number of ether oxygens (including phenoxy) is 1. The summed E-state index contributed by atoms with van der Waals surface area (Å²) in [5.41, 5.74) is 3.30. The van der Waals surface area contributed by atoms with Crippen LogP contribution in [0.15, 0.2) is 30.3 Å². The van der Waals surface area contributed by atoms with Crippen LogP contribution in [0.1, 0.15) is 24.5 Å². The molecule has 0 aliphatic carbocycles. The number of hydrogen-bond donors (Lipinski definition) is 2. The molecule has 1 aromatic heterocycles. The molecule has 2 aromatic rings. The van der Waals surface area contributed by atoms with E-state index in [1.165, 1.54) is 18.5 Å². The van der Waals surface area contributed by atoms with Crippen molar-refractivity contribution in [3.63, 3.8) is 0 Å². The Morgan fingerprint density at radius 3 is 3.05 bits per heavy atom. The molecule has 0 bridgehead atoms. The number of aromatic amines is 1. The van der Waals surface area contributed by atoms with Gasteiger partial charge in [-0.1, -0.05) is 12.1 Å². The Morgan fingerprint density at radius 2 is 2.26 bits per heavy atom. The normalized spacial score (nSPS) is 19.3. The number of rotatable bonds is 3. The van der Waals surface area contributed by atoms with Gasteiger partial charge in [-0.2, -0.15) is 5.10 Å². The molecule has 2 heterocycles. The van der Waals surface area contributed by atoms with Gasteiger partial charge in [0.25, 0.3) is 0 Å². The molecule has 0 spiro atoms. The smallest absolute Gasteiger partial charge is 0.119 e. The molecule has 0 amide bonds. The van der Waals surface area contributed by atoms with Crippen molar-refractivity contribution in [2.24, 2.45) is 0 Å². The largest absolute Gasteiger partial charge is 0.497 e. The Hall–Kier alpha value is -1.81. The summed E-state index contributed by atoms with van der Waals surface area (Å²) in [6.07, 6.45) is 2.46. The SMILES string of the molecule is COc1cccc(-c2cc(C3CCCNC3)[nH]n2)c1. The van der Waals surface area contributed by atoms with Gasteiger partial charge in [0.1, 0.15) is 5.75 Å². The van der Waals surface area contributed by atoms with E-state index in [-0.39, 0.29) is 0 Å². The van der Waals surface area contributed by atoms with E-state index in [0.29, 0.717) is 5.92 Å². The van der Waals surface area contributed by atoms with Crippen LogP contribution >= 0.6 is 0 Å². The molecule has 100 valence electrons. The fourth-order valence-corrected chi connectivity index (χ4v) is 2.59. The molecule has 1 aliphatic heterocycles. The zero-order valence-electron chi connectivity index (χ0n) is 11.1. The zero-order chi connectivity index (χ0) is 13.1. The third-order valence-electron chi connectivity index (χ3n) is 3.70. The molecule has 1 atom stereocenters. The Balaban J connectivity index is 1.83. The van der Waals surface area contributed by atoms with Crippen LogP contribution in [0.4, 0.5) is 0 Å². The Bertz CT molecular complexity index is 544. The maximum absolute atomic E-state index is 5.25. The summed E-state index contributed by atoms with van der Waals surface area (Å²) in [4.78, 5) is 0. The van der Waals surface area contributed by atoms with Crippen molar-refractivity contribution in [2.75, 3.05) is 20.2 Å². The van der Waals surface area contributed by atoms with Gasteiger partial charge in [0.05, 0.1) is 12.8 Å². The molecule has 1 fully saturated rings. The number of aromatic nitrogens is 2. The maximum Gasteiger partial charge on any atom is 0.119 e. The lowest BCUT2D eigenvalue weighted by atomic mass is 9.96. The van der Waals surface area contributed by atoms with Gasteiger partial charge in [0.2, 0.25) is 0 Å². The van der Waals surface area contributed by atoms with E-state index in [2.05, 4.69) is 27.6 Å². The third kappa shape index (κ3) is 2.63. The van der Waals surface area contributed by atoms with E-state index in [9.17, 15) is 0 Å². The van der Waals surface area contributed by atoms with Gasteiger partial charge in [-0.3, -0.25) is 5.10 Å². The summed E-state index contributed by atoms with van der Waals surface area (Å²) in [6.45, 7) is 2.17. The first-order chi connectivity index (χ1) is 9.36. The number of nitrogens with one attached hydrogen (secondary N) is 2. The van der Waals surface area contributed by atoms with Gasteiger partial charge in [-0.25, -0.2) is 0 Å². The van der Waals surface area contributed by atoms with E-state index in [0.717, 1.165) is 30.1 Å². The second-order valence-electron chi connectivity index (χ2n) is 4.98. The number of methoxy groups -OCH3 is 1. The Labute approximate surface area is 113 Å². The van der Waals surface area contributed by atoms with E-state index < -0.39 is 0 Å². The summed E-state index contributed by atoms with van der Waals surface area (Å²) in [7, 11) is 1.68. The molecule has 1 saturated heterocycles. The van der Waals surface area contributed by atoms with Gasteiger partial charge >= 0.3 is 0 Å². The maximum atomic E-state index is 5.25. The van der Waals surface area contributed by atoms with E-state index in [1.807, 2.05) is 18.2 Å². The first-order valence-corrected chi connectivity index (χ1v) is 6.77. The topological polar surface area (TPSA) is 49.9 Å². The highest BCUT2D eigenvalue weighted by atomic mass is 16.5. The van der Waals surface area contributed by atoms with Crippen molar-refractivity contribution in [2.45, 2.75) is 18.8 Å². The van der Waals surface area contributed by atoms with Crippen molar-refractivity contribution in [1.29, 1.82) is 0 Å². The van der Waals surface area contributed by atoms with E-state index >= 15 is 0 Å². The van der Waals surface area contributed by atoms with Crippen LogP contribution in [0.3, 0.4) is 0 Å². The fraction of sp³-hybridized carbons (Fsp3) is 0.400. The number of benzene rings is 1. The zero-order valence-corrected chi connectivity index (χ0v) is 11.1. The minimum atomic E-state index is 0.556. The first-order valence-electron chi connectivity index (χ1n) is 6.77. The first kappa shape index (κ1) is 12.2. The lowest BCUT2D eigenvalue weighted by molar-refractivity contribution is 0.415. The van der Waals surface area contributed by atoms with Crippen LogP contribution in [-0.2, 0) is 0 Å². The Morgan fingerprint density at radius 1 is 1.32 bits per heavy atom. The fourth-order valence-electron chi connectivity index (χ4n) is 2.59. The lowest BCUT2D eigenvalue weighted by Gasteiger charge is -2.21. The molecule has 19 heavy (non-hydrogen) atoms. The molecular weight excluding hydrogens is 238 g/mol. The minimum Gasteiger partial charge on any atom is -0.497 e. The number of H-pyrrole nitrogens is 1. The second-order valence-corrected chi connectivity index (χ2v) is 4.98. The van der Waals surface area contributed by atoms with Gasteiger partial charge in [-0.15, -0.1) is 0 Å². The van der Waals surface area contributed by atoms with Gasteiger partial charge in [0.15, 0.2) is 0 Å². The molecule has 4 heteroatoms. The molecule has 1 aliphatic rings. The average molecular weight is 257 g/mol. The summed E-state index contributed by atoms with van der Waals surface area (Å²) < 4.78 is 5.25. The third-order valence-corrected chi connectivity index (χ3v) is 3.70. The second kappa shape index (κ2) is 5.45. The molecule has 1 unspecified atom stereocenters. The molecule has 0 saturated carbocycles. The minimum absolute atomic E-state index is 0.556. The highest BCUT2D eigenvalue weighted by Gasteiger charge is 2.17. The predicted molar refractivity (Wildman–Crippen MR) is 75.4 cm³/mol. The van der Waals surface area contributed by atoms with Crippen LogP contribution in [-0.4, -0.2) is 30.4 Å². The van der Waals surface area contributed by atoms with Crippen molar-refractivity contribution in [1.82, 2.24) is 15.5 Å². The van der Waals surface area contributed by atoms with Crippen LogP contribution in [0, 0.1) is 0 Å². The summed E-state index contributed by atoms with van der Waals surface area (Å²) in [6, 6.07) is 10.2. The van der Waals surface area contributed by atoms with Gasteiger partial charge < -0.3 is 10.1 Å². The van der Waals surface area contributed by atoms with Crippen molar-refractivity contribution >= 4 is 0 Å². The van der Waals surface area contributed by atoms with Crippen molar-refractivity contribution in [3.8, 4) is 17.0 Å². The van der Waals surface area contributed by atoms with Crippen LogP contribution in [0.5, 0.6) is 5.75 Å². The monoisotopic (exact) mass is 257 g/mol. The van der Waals surface area contributed by atoms with Gasteiger partial charge in [0, 0.05) is 23.7 Å². The van der Waals surface area contributed by atoms with Gasteiger partial charge in [-0.05, 0) is 37.6 Å². The predicted octanol–water partition coefficient (Wildman–Crippen LogP) is 2.55. The highest BCUT2D eigenvalue weighted by molar-refractivity contribution is 5.61. The van der Waals surface area contributed by atoms with Crippen molar-refractivity contribution in [3.05, 3.63) is 36.0 Å². The summed E-state index contributed by atoms with van der Waals surface area (Å²) in [5.74, 6) is 1.42. The van der Waals surface area contributed by atoms with Crippen LogP contribution in [0.25, 0.3) is 11.3 Å². The quantitative estimate of drug-likeness (QED) is 0.888. The summed E-state index contributed by atoms with van der Waals surface area (Å²) in [5, 5.41) is 11.0. The molecule has 2 N–H and O–H groups in total. The highest BCUT2D eigenvalue weighted by Crippen LogP contribution is 2.27. The number of piperidine rings is 1. The standard InChI is InChI=1S/C15H19N3O/c1-19-13-6-2-4-11(8-13)14-9-15(18-17-14)12-5-3-7-16-10-12/h2,4,6,8-9,12,16H,3,5,7,10H2,1H3,(H,17,18). The molecule has 3 rings (SSSR count). The number of nitrogens with zero attached hydrogens (tertiary/aromatic N) is 1. The molecule has 1 aromatic carbocycles. The Kier molecular flexibility index (Phi) is 3.51. The van der Waals surface area contributed by atoms with Crippen LogP contribution in [0.2, 0.25) is 0 Å². The van der Waals surface area contributed by atoms with E-state index in [4.69, 9.17) is 4.74 Å². The van der Waals surface area contributed by atoms with Crippen molar-refractivity contribution < 1.29 is 4.74 Å². The summed E-state index contributed by atoms with van der Waals surface area (Å²) >= 11 is 0. The number of hydrogen-bond acceptors (Lipinski definition) is 3. The van der Waals surface area contributed by atoms with Crippen LogP contribution < -0.4 is 10.1 Å². The van der Waals surface area contributed by atoms with E-state index in [1.54, 1.807) is 7.11 Å².